The summed E-state index contributed by atoms with van der Waals surface area (Å²) in [6.07, 6.45) is 4.72. The number of likely N-dealkylation sites (N-methyl/N-ethyl adjacent to an activating group) is 1. The van der Waals surface area contributed by atoms with E-state index in [0.717, 1.165) is 13.1 Å². The third-order valence-electron chi connectivity index (χ3n) is 3.31. The molecule has 0 bridgehead atoms. The Morgan fingerprint density at radius 3 is 2.93 bits per heavy atom. The van der Waals surface area contributed by atoms with Gasteiger partial charge in [-0.2, -0.15) is 0 Å². The van der Waals surface area contributed by atoms with E-state index < -0.39 is 0 Å². The third kappa shape index (κ3) is 2.69. The topological polar surface area (TPSA) is 24.5 Å². The van der Waals surface area contributed by atoms with Crippen LogP contribution in [0, 0.1) is 0 Å². The molecule has 0 aromatic rings. The van der Waals surface area contributed by atoms with Gasteiger partial charge in [-0.1, -0.05) is 6.92 Å². The molecule has 14 heavy (non-hydrogen) atoms. The van der Waals surface area contributed by atoms with Crippen LogP contribution in [0.4, 0.5) is 0 Å². The van der Waals surface area contributed by atoms with E-state index in [1.54, 1.807) is 0 Å². The smallest absolute Gasteiger partial charge is 0.0718 e. The Morgan fingerprint density at radius 1 is 1.36 bits per heavy atom. The van der Waals surface area contributed by atoms with Gasteiger partial charge in [-0.15, -0.1) is 0 Å². The number of hydrogen-bond acceptors (Lipinski definition) is 3. The Hall–Kier alpha value is -0.120. The molecule has 0 amide bonds. The molecule has 0 aromatic carbocycles. The molecule has 2 fully saturated rings. The van der Waals surface area contributed by atoms with Crippen molar-refractivity contribution in [2.24, 2.45) is 0 Å². The van der Waals surface area contributed by atoms with Crippen molar-refractivity contribution in [2.75, 3.05) is 32.7 Å². The summed E-state index contributed by atoms with van der Waals surface area (Å²) >= 11 is 0. The maximum atomic E-state index is 6.08. The molecule has 2 unspecified atom stereocenters. The molecule has 2 heterocycles. The molecule has 3 heteroatoms. The van der Waals surface area contributed by atoms with Crippen molar-refractivity contribution in [3.63, 3.8) is 0 Å². The van der Waals surface area contributed by atoms with Crippen LogP contribution in [-0.2, 0) is 4.74 Å². The molecule has 1 N–H and O–H groups in total. The fraction of sp³-hybridized carbons (Fsp3) is 1.00. The van der Waals surface area contributed by atoms with E-state index in [1.165, 1.54) is 38.9 Å². The number of hydrogen-bond donors (Lipinski definition) is 1. The van der Waals surface area contributed by atoms with Crippen LogP contribution in [0.1, 0.15) is 26.2 Å². The van der Waals surface area contributed by atoms with Crippen molar-refractivity contribution in [2.45, 2.75) is 38.4 Å². The van der Waals surface area contributed by atoms with E-state index >= 15 is 0 Å². The monoisotopic (exact) mass is 198 g/mol. The van der Waals surface area contributed by atoms with Crippen LogP contribution in [0.2, 0.25) is 0 Å². The van der Waals surface area contributed by atoms with Crippen LogP contribution in [0.25, 0.3) is 0 Å². The predicted octanol–water partition coefficient (Wildman–Crippen LogP) is 0.849. The van der Waals surface area contributed by atoms with E-state index in [-0.39, 0.29) is 0 Å². The predicted molar refractivity (Wildman–Crippen MR) is 57.5 cm³/mol. The molecule has 2 aliphatic rings. The average molecular weight is 198 g/mol. The van der Waals surface area contributed by atoms with Gasteiger partial charge >= 0.3 is 0 Å². The summed E-state index contributed by atoms with van der Waals surface area (Å²) in [7, 11) is 0. The molecule has 0 spiro atoms. The summed E-state index contributed by atoms with van der Waals surface area (Å²) in [5.74, 6) is 0. The lowest BCUT2D eigenvalue weighted by molar-refractivity contribution is -0.0169. The second-order valence-corrected chi connectivity index (χ2v) is 4.41. The number of nitrogens with zero attached hydrogens (tertiary/aromatic N) is 1. The van der Waals surface area contributed by atoms with Crippen molar-refractivity contribution in [1.82, 2.24) is 10.2 Å². The van der Waals surface area contributed by atoms with Gasteiger partial charge in [0, 0.05) is 19.6 Å². The standard InChI is InChI=1S/C11H22N2O/c1-2-13-7-5-11(9-13)14-10-4-3-6-12-8-10/h10-12H,2-9H2,1H3. The van der Waals surface area contributed by atoms with Gasteiger partial charge in [0.1, 0.15) is 0 Å². The Morgan fingerprint density at radius 2 is 2.29 bits per heavy atom. The van der Waals surface area contributed by atoms with Crippen molar-refractivity contribution >= 4 is 0 Å². The number of rotatable bonds is 3. The molecular formula is C11H22N2O. The zero-order chi connectivity index (χ0) is 9.80. The molecule has 0 saturated carbocycles. The lowest BCUT2D eigenvalue weighted by Gasteiger charge is -2.26. The highest BCUT2D eigenvalue weighted by Gasteiger charge is 2.25. The summed E-state index contributed by atoms with van der Waals surface area (Å²) < 4.78 is 6.08. The Bertz CT molecular complexity index is 169. The molecule has 0 aromatic heterocycles. The van der Waals surface area contributed by atoms with Crippen molar-refractivity contribution in [1.29, 1.82) is 0 Å². The van der Waals surface area contributed by atoms with Crippen LogP contribution in [0.3, 0.4) is 0 Å². The largest absolute Gasteiger partial charge is 0.372 e. The fourth-order valence-electron chi connectivity index (χ4n) is 2.40. The first-order valence-electron chi connectivity index (χ1n) is 5.97. The number of nitrogens with one attached hydrogen (secondary N) is 1. The summed E-state index contributed by atoms with van der Waals surface area (Å²) in [6, 6.07) is 0. The Labute approximate surface area is 86.8 Å². The highest BCUT2D eigenvalue weighted by atomic mass is 16.5. The molecule has 2 atom stereocenters. The van der Waals surface area contributed by atoms with Gasteiger partial charge in [0.2, 0.25) is 0 Å². The lowest BCUT2D eigenvalue weighted by Crippen LogP contribution is -2.38. The van der Waals surface area contributed by atoms with Crippen LogP contribution >= 0.6 is 0 Å². The first-order chi connectivity index (χ1) is 6.88. The first kappa shape index (κ1) is 10.4. The van der Waals surface area contributed by atoms with E-state index in [4.69, 9.17) is 4.74 Å². The second kappa shape index (κ2) is 5.10. The quantitative estimate of drug-likeness (QED) is 0.727. The van der Waals surface area contributed by atoms with Crippen molar-refractivity contribution in [3.05, 3.63) is 0 Å². The van der Waals surface area contributed by atoms with E-state index in [2.05, 4.69) is 17.1 Å². The molecule has 0 aliphatic carbocycles. The molecule has 82 valence electrons. The van der Waals surface area contributed by atoms with Crippen LogP contribution in [-0.4, -0.2) is 49.8 Å². The highest BCUT2D eigenvalue weighted by Crippen LogP contribution is 2.16. The van der Waals surface area contributed by atoms with Crippen LogP contribution in [0.5, 0.6) is 0 Å². The van der Waals surface area contributed by atoms with Gasteiger partial charge in [-0.25, -0.2) is 0 Å². The van der Waals surface area contributed by atoms with Gasteiger partial charge in [-0.3, -0.25) is 0 Å². The maximum absolute atomic E-state index is 6.08. The molecule has 0 radical (unpaired) electrons. The minimum atomic E-state index is 0.477. The average Bonchev–Trinajstić information content (AvgIpc) is 2.67. The maximum Gasteiger partial charge on any atom is 0.0718 e. The minimum absolute atomic E-state index is 0.477. The van der Waals surface area contributed by atoms with E-state index in [9.17, 15) is 0 Å². The molecule has 3 nitrogen and oxygen atoms in total. The zero-order valence-corrected chi connectivity index (χ0v) is 9.17. The summed E-state index contributed by atoms with van der Waals surface area (Å²) in [5.41, 5.74) is 0. The fourth-order valence-corrected chi connectivity index (χ4v) is 2.40. The summed E-state index contributed by atoms with van der Waals surface area (Å²) in [4.78, 5) is 2.47. The van der Waals surface area contributed by atoms with Gasteiger partial charge in [0.25, 0.3) is 0 Å². The number of piperidine rings is 1. The molecule has 2 saturated heterocycles. The Kier molecular flexibility index (Phi) is 3.79. The molecule has 2 aliphatic heterocycles. The van der Waals surface area contributed by atoms with E-state index in [0.29, 0.717) is 12.2 Å². The second-order valence-electron chi connectivity index (χ2n) is 4.41. The van der Waals surface area contributed by atoms with E-state index in [1.807, 2.05) is 0 Å². The normalized spacial score (nSPS) is 34.9. The highest BCUT2D eigenvalue weighted by molar-refractivity contribution is 4.78. The van der Waals surface area contributed by atoms with Gasteiger partial charge in [0.05, 0.1) is 12.2 Å². The Balaban J connectivity index is 1.69. The lowest BCUT2D eigenvalue weighted by atomic mass is 10.1. The van der Waals surface area contributed by atoms with Crippen LogP contribution in [0.15, 0.2) is 0 Å². The number of likely N-dealkylation sites (tertiary alicyclic amines) is 1. The first-order valence-corrected chi connectivity index (χ1v) is 5.97. The molecular weight excluding hydrogens is 176 g/mol. The van der Waals surface area contributed by atoms with Crippen LogP contribution < -0.4 is 5.32 Å². The van der Waals surface area contributed by atoms with Crippen molar-refractivity contribution in [3.8, 4) is 0 Å². The number of ether oxygens (including phenoxy) is 1. The van der Waals surface area contributed by atoms with Gasteiger partial charge in [0.15, 0.2) is 0 Å². The summed E-state index contributed by atoms with van der Waals surface area (Å²) in [6.45, 7) is 8.00. The minimum Gasteiger partial charge on any atom is -0.372 e. The summed E-state index contributed by atoms with van der Waals surface area (Å²) in [5, 5.41) is 3.40. The van der Waals surface area contributed by atoms with Crippen molar-refractivity contribution < 1.29 is 4.74 Å². The van der Waals surface area contributed by atoms with Gasteiger partial charge in [-0.05, 0) is 32.4 Å². The molecule has 2 rings (SSSR count). The third-order valence-corrected chi connectivity index (χ3v) is 3.31. The zero-order valence-electron chi connectivity index (χ0n) is 9.17. The SMILES string of the molecule is CCN1CCC(OC2CCCNC2)C1. The van der Waals surface area contributed by atoms with Gasteiger partial charge < -0.3 is 15.0 Å².